The number of imidazole rings is 1. The number of aryl methyl sites for hydroxylation is 1. The molecule has 0 N–H and O–H groups in total. The van der Waals surface area contributed by atoms with Gasteiger partial charge in [-0.1, -0.05) is 6.92 Å². The molecule has 1 saturated heterocycles. The third-order valence-corrected chi connectivity index (χ3v) is 4.79. The number of carbonyl (C=O) groups excluding carboxylic acids is 1. The third-order valence-electron chi connectivity index (χ3n) is 4.79. The van der Waals surface area contributed by atoms with Crippen molar-refractivity contribution in [3.05, 3.63) is 42.4 Å². The van der Waals surface area contributed by atoms with E-state index >= 15 is 0 Å². The van der Waals surface area contributed by atoms with Gasteiger partial charge in [-0.05, 0) is 19.4 Å². The van der Waals surface area contributed by atoms with Crippen LogP contribution in [0.5, 0.6) is 0 Å². The van der Waals surface area contributed by atoms with Crippen LogP contribution in [0.1, 0.15) is 36.5 Å². The fourth-order valence-electron chi connectivity index (χ4n) is 3.37. The lowest BCUT2D eigenvalue weighted by atomic mass is 10.2. The van der Waals surface area contributed by atoms with E-state index in [1.165, 1.54) is 6.26 Å². The van der Waals surface area contributed by atoms with Crippen LogP contribution in [0.25, 0.3) is 0 Å². The lowest BCUT2D eigenvalue weighted by Gasteiger charge is -2.28. The van der Waals surface area contributed by atoms with Gasteiger partial charge in [-0.15, -0.1) is 0 Å². The van der Waals surface area contributed by atoms with Crippen LogP contribution in [0, 0.1) is 0 Å². The van der Waals surface area contributed by atoms with Gasteiger partial charge in [0, 0.05) is 57.6 Å². The Morgan fingerprint density at radius 3 is 2.96 bits per heavy atom. The zero-order valence-corrected chi connectivity index (χ0v) is 14.5. The van der Waals surface area contributed by atoms with Gasteiger partial charge >= 0.3 is 0 Å². The van der Waals surface area contributed by atoms with Crippen molar-refractivity contribution in [2.45, 2.75) is 39.3 Å². The standard InChI is InChI=1S/C18H26N4O2/c1-3-17-19-6-9-22(17)13-15(2)20-7-4-8-21(11-10-20)18(23)16-5-12-24-14-16/h5-6,9,12,14-15H,3-4,7-8,10-11,13H2,1-2H3. The van der Waals surface area contributed by atoms with E-state index in [9.17, 15) is 4.79 Å². The van der Waals surface area contributed by atoms with Crippen LogP contribution in [0.3, 0.4) is 0 Å². The summed E-state index contributed by atoms with van der Waals surface area (Å²) in [5, 5.41) is 0. The Labute approximate surface area is 143 Å². The first-order chi connectivity index (χ1) is 11.7. The van der Waals surface area contributed by atoms with E-state index in [1.54, 1.807) is 12.3 Å². The Morgan fingerprint density at radius 2 is 2.21 bits per heavy atom. The van der Waals surface area contributed by atoms with Crippen molar-refractivity contribution in [3.63, 3.8) is 0 Å². The summed E-state index contributed by atoms with van der Waals surface area (Å²) in [5.41, 5.74) is 0.641. The van der Waals surface area contributed by atoms with Crippen molar-refractivity contribution in [1.29, 1.82) is 0 Å². The molecule has 1 aliphatic heterocycles. The van der Waals surface area contributed by atoms with Gasteiger partial charge in [-0.2, -0.15) is 0 Å². The molecule has 0 bridgehead atoms. The Kier molecular flexibility index (Phi) is 5.35. The van der Waals surface area contributed by atoms with Crippen LogP contribution in [0.15, 0.2) is 35.4 Å². The van der Waals surface area contributed by atoms with Crippen molar-refractivity contribution in [2.24, 2.45) is 0 Å². The summed E-state index contributed by atoms with van der Waals surface area (Å²) in [6, 6.07) is 2.16. The van der Waals surface area contributed by atoms with Crippen molar-refractivity contribution < 1.29 is 9.21 Å². The predicted molar refractivity (Wildman–Crippen MR) is 91.9 cm³/mol. The maximum absolute atomic E-state index is 12.5. The summed E-state index contributed by atoms with van der Waals surface area (Å²) in [7, 11) is 0. The number of rotatable bonds is 5. The molecule has 6 nitrogen and oxygen atoms in total. The molecular weight excluding hydrogens is 304 g/mol. The highest BCUT2D eigenvalue weighted by Gasteiger charge is 2.23. The van der Waals surface area contributed by atoms with Crippen molar-refractivity contribution >= 4 is 5.91 Å². The maximum Gasteiger partial charge on any atom is 0.257 e. The number of aromatic nitrogens is 2. The van der Waals surface area contributed by atoms with E-state index in [-0.39, 0.29) is 5.91 Å². The number of hydrogen-bond donors (Lipinski definition) is 0. The fourth-order valence-corrected chi connectivity index (χ4v) is 3.37. The van der Waals surface area contributed by atoms with Gasteiger partial charge in [0.25, 0.3) is 5.91 Å². The molecule has 1 fully saturated rings. The summed E-state index contributed by atoms with van der Waals surface area (Å²) in [6.07, 6.45) is 8.96. The second kappa shape index (κ2) is 7.66. The minimum absolute atomic E-state index is 0.0705. The first-order valence-electron chi connectivity index (χ1n) is 8.74. The second-order valence-electron chi connectivity index (χ2n) is 6.39. The van der Waals surface area contributed by atoms with Crippen LogP contribution in [-0.2, 0) is 13.0 Å². The SMILES string of the molecule is CCc1nccn1CC(C)N1CCCN(C(=O)c2ccoc2)CC1. The largest absolute Gasteiger partial charge is 0.472 e. The van der Waals surface area contributed by atoms with Gasteiger partial charge in [0.1, 0.15) is 12.1 Å². The van der Waals surface area contributed by atoms with Crippen molar-refractivity contribution in [1.82, 2.24) is 19.4 Å². The molecule has 3 heterocycles. The molecule has 0 aromatic carbocycles. The Balaban J connectivity index is 1.58. The first-order valence-corrected chi connectivity index (χ1v) is 8.74. The fraction of sp³-hybridized carbons (Fsp3) is 0.556. The Bertz CT molecular complexity index is 650. The molecule has 130 valence electrons. The molecule has 1 aliphatic rings. The normalized spacial score (nSPS) is 17.7. The van der Waals surface area contributed by atoms with Crippen LogP contribution < -0.4 is 0 Å². The zero-order chi connectivity index (χ0) is 16.9. The van der Waals surface area contributed by atoms with Gasteiger partial charge in [0.2, 0.25) is 0 Å². The van der Waals surface area contributed by atoms with Crippen LogP contribution >= 0.6 is 0 Å². The molecule has 3 rings (SSSR count). The Morgan fingerprint density at radius 1 is 1.33 bits per heavy atom. The van der Waals surface area contributed by atoms with E-state index in [0.717, 1.165) is 51.4 Å². The number of hydrogen-bond acceptors (Lipinski definition) is 4. The molecule has 2 aromatic rings. The molecule has 0 saturated carbocycles. The number of furan rings is 1. The molecule has 24 heavy (non-hydrogen) atoms. The monoisotopic (exact) mass is 330 g/mol. The highest BCUT2D eigenvalue weighted by molar-refractivity contribution is 5.93. The quantitative estimate of drug-likeness (QED) is 0.844. The van der Waals surface area contributed by atoms with Crippen LogP contribution in [0.4, 0.5) is 0 Å². The van der Waals surface area contributed by atoms with E-state index < -0.39 is 0 Å². The first kappa shape index (κ1) is 16.8. The maximum atomic E-state index is 12.5. The molecule has 1 atom stereocenters. The van der Waals surface area contributed by atoms with Gasteiger partial charge in [0.05, 0.1) is 11.8 Å². The molecule has 2 aromatic heterocycles. The summed E-state index contributed by atoms with van der Waals surface area (Å²) < 4.78 is 7.27. The average molecular weight is 330 g/mol. The molecular formula is C18H26N4O2. The predicted octanol–water partition coefficient (Wildman–Crippen LogP) is 2.28. The minimum Gasteiger partial charge on any atom is -0.472 e. The van der Waals surface area contributed by atoms with Gasteiger partial charge in [0.15, 0.2) is 0 Å². The highest BCUT2D eigenvalue weighted by Crippen LogP contribution is 2.13. The van der Waals surface area contributed by atoms with E-state index in [1.807, 2.05) is 11.1 Å². The van der Waals surface area contributed by atoms with Gasteiger partial charge in [-0.3, -0.25) is 9.69 Å². The summed E-state index contributed by atoms with van der Waals surface area (Å²) >= 11 is 0. The summed E-state index contributed by atoms with van der Waals surface area (Å²) in [6.45, 7) is 8.82. The number of nitrogens with zero attached hydrogens (tertiary/aromatic N) is 4. The zero-order valence-electron chi connectivity index (χ0n) is 14.5. The van der Waals surface area contributed by atoms with Crippen molar-refractivity contribution in [3.8, 4) is 0 Å². The molecule has 0 spiro atoms. The average Bonchev–Trinajstić information content (AvgIpc) is 3.21. The molecule has 0 radical (unpaired) electrons. The minimum atomic E-state index is 0.0705. The van der Waals surface area contributed by atoms with E-state index in [4.69, 9.17) is 4.42 Å². The smallest absolute Gasteiger partial charge is 0.257 e. The molecule has 0 aliphatic carbocycles. The molecule has 1 amide bonds. The Hall–Kier alpha value is -2.08. The van der Waals surface area contributed by atoms with E-state index in [2.05, 4.69) is 34.5 Å². The van der Waals surface area contributed by atoms with Crippen molar-refractivity contribution in [2.75, 3.05) is 26.2 Å². The lowest BCUT2D eigenvalue weighted by molar-refractivity contribution is 0.0757. The highest BCUT2D eigenvalue weighted by atomic mass is 16.3. The summed E-state index contributed by atoms with van der Waals surface area (Å²) in [5.74, 6) is 1.20. The number of carbonyl (C=O) groups is 1. The van der Waals surface area contributed by atoms with E-state index in [0.29, 0.717) is 11.6 Å². The summed E-state index contributed by atoms with van der Waals surface area (Å²) in [4.78, 5) is 21.3. The number of amides is 1. The molecule has 1 unspecified atom stereocenters. The molecule has 6 heteroatoms. The van der Waals surface area contributed by atoms with Crippen LogP contribution in [0.2, 0.25) is 0 Å². The second-order valence-corrected chi connectivity index (χ2v) is 6.39. The third kappa shape index (κ3) is 3.70. The van der Waals surface area contributed by atoms with Gasteiger partial charge in [-0.25, -0.2) is 4.98 Å². The van der Waals surface area contributed by atoms with Gasteiger partial charge < -0.3 is 13.9 Å². The lowest BCUT2D eigenvalue weighted by Crippen LogP contribution is -2.40. The topological polar surface area (TPSA) is 54.5 Å². The van der Waals surface area contributed by atoms with Crippen LogP contribution in [-0.4, -0.2) is 57.5 Å².